The number of alkyl halides is 3. The summed E-state index contributed by atoms with van der Waals surface area (Å²) in [6.07, 6.45) is -2.50. The Morgan fingerprint density at radius 3 is 2.41 bits per heavy atom. The first-order valence-corrected chi connectivity index (χ1v) is 12.6. The first-order valence-electron chi connectivity index (χ1n) is 11.8. The van der Waals surface area contributed by atoms with Gasteiger partial charge in [0, 0.05) is 27.8 Å². The fraction of sp³-hybridized carbons (Fsp3) is 0.192. The van der Waals surface area contributed by atoms with Crippen LogP contribution in [-0.4, -0.2) is 38.5 Å². The Morgan fingerprint density at radius 2 is 1.83 bits per heavy atom. The van der Waals surface area contributed by atoms with Gasteiger partial charge in [0.15, 0.2) is 5.69 Å². The number of carbonyl (C=O) groups excluding carboxylic acids is 2. The van der Waals surface area contributed by atoms with E-state index in [2.05, 4.69) is 15.6 Å². The van der Waals surface area contributed by atoms with Crippen LogP contribution in [0.3, 0.4) is 0 Å². The average Bonchev–Trinajstić information content (AvgIpc) is 3.42. The lowest BCUT2D eigenvalue weighted by Crippen LogP contribution is -2.32. The smallest absolute Gasteiger partial charge is 0.436 e. The largest absolute Gasteiger partial charge is 0.495 e. The summed E-state index contributed by atoms with van der Waals surface area (Å²) in [5.74, 6) is -1.15. The van der Waals surface area contributed by atoms with Crippen LogP contribution in [0.25, 0.3) is 16.8 Å². The van der Waals surface area contributed by atoms with E-state index in [1.165, 1.54) is 55.8 Å². The van der Waals surface area contributed by atoms with Crippen LogP contribution in [0.1, 0.15) is 35.4 Å². The summed E-state index contributed by atoms with van der Waals surface area (Å²) in [6.45, 7) is 1.69. The van der Waals surface area contributed by atoms with Crippen LogP contribution in [0, 0.1) is 0 Å². The van der Waals surface area contributed by atoms with Crippen LogP contribution >= 0.6 is 23.2 Å². The molecule has 2 aromatic heterocycles. The number of anilines is 1. The summed E-state index contributed by atoms with van der Waals surface area (Å²) in [7, 11) is 1.33. The molecule has 0 unspecified atom stereocenters. The number of nitrogens with one attached hydrogen (secondary N) is 1. The van der Waals surface area contributed by atoms with Gasteiger partial charge in [0.2, 0.25) is 11.8 Å². The number of ether oxygens (including phenoxy) is 1. The molecule has 10 nitrogen and oxygen atoms in total. The summed E-state index contributed by atoms with van der Waals surface area (Å²) in [6, 6.07) is 8.59. The predicted molar refractivity (Wildman–Crippen MR) is 146 cm³/mol. The predicted octanol–water partition coefficient (Wildman–Crippen LogP) is 5.12. The van der Waals surface area contributed by atoms with Gasteiger partial charge in [0.1, 0.15) is 11.8 Å². The number of carbonyl (C=O) groups is 2. The minimum Gasteiger partial charge on any atom is -0.495 e. The van der Waals surface area contributed by atoms with Gasteiger partial charge in [-0.15, -0.1) is 5.10 Å². The standard InChI is InChI=1S/C26H21Cl2F3N6O4/c1-3-19(25(40)33-18-6-4-13(24(32)39)8-17(18)28)36-11-21(41-2)16(10-23(36)38)15-9-14(27)5-7-20(15)37-12-22(34-35-37)26(29,30)31/h4-12,19H,3H2,1-2H3,(H2,32,39)(H,33,40)/t19-/m0/s1. The molecular formula is C26H21Cl2F3N6O4. The van der Waals surface area contributed by atoms with Crippen LogP contribution in [-0.2, 0) is 11.0 Å². The molecule has 0 bridgehead atoms. The molecule has 4 rings (SSSR count). The molecule has 15 heteroatoms. The zero-order valence-electron chi connectivity index (χ0n) is 21.4. The highest BCUT2D eigenvalue weighted by atomic mass is 35.5. The molecule has 0 radical (unpaired) electrons. The maximum atomic E-state index is 13.3. The van der Waals surface area contributed by atoms with Gasteiger partial charge in [-0.1, -0.05) is 35.3 Å². The maximum Gasteiger partial charge on any atom is 0.436 e. The number of hydrogen-bond acceptors (Lipinski definition) is 6. The van der Waals surface area contributed by atoms with Crippen LogP contribution < -0.4 is 21.3 Å². The van der Waals surface area contributed by atoms with Crippen LogP contribution in [0.4, 0.5) is 18.9 Å². The average molecular weight is 609 g/mol. The molecule has 1 atom stereocenters. The Balaban J connectivity index is 1.75. The van der Waals surface area contributed by atoms with Gasteiger partial charge in [0.05, 0.1) is 35.9 Å². The van der Waals surface area contributed by atoms with E-state index in [1.54, 1.807) is 6.92 Å². The third-order valence-corrected chi connectivity index (χ3v) is 6.63. The monoisotopic (exact) mass is 608 g/mol. The van der Waals surface area contributed by atoms with Gasteiger partial charge in [-0.25, -0.2) is 4.68 Å². The molecular weight excluding hydrogens is 588 g/mol. The lowest BCUT2D eigenvalue weighted by molar-refractivity contribution is -0.141. The minimum absolute atomic E-state index is 0.0695. The van der Waals surface area contributed by atoms with Gasteiger partial charge in [0.25, 0.3) is 5.56 Å². The van der Waals surface area contributed by atoms with Crippen LogP contribution in [0.15, 0.2) is 59.7 Å². The molecule has 41 heavy (non-hydrogen) atoms. The Morgan fingerprint density at radius 1 is 1.10 bits per heavy atom. The topological polar surface area (TPSA) is 134 Å². The molecule has 0 spiro atoms. The van der Waals surface area contributed by atoms with Gasteiger partial charge >= 0.3 is 6.18 Å². The first-order chi connectivity index (χ1) is 19.3. The third kappa shape index (κ3) is 6.20. The van der Waals surface area contributed by atoms with Crippen molar-refractivity contribution >= 4 is 40.7 Å². The summed E-state index contributed by atoms with van der Waals surface area (Å²) >= 11 is 12.4. The molecule has 2 amide bonds. The number of hydrogen-bond donors (Lipinski definition) is 2. The van der Waals surface area contributed by atoms with Crippen molar-refractivity contribution in [2.45, 2.75) is 25.6 Å². The molecule has 0 aliphatic rings. The van der Waals surface area contributed by atoms with Crippen molar-refractivity contribution in [2.24, 2.45) is 5.73 Å². The van der Waals surface area contributed by atoms with Crippen molar-refractivity contribution in [3.63, 3.8) is 0 Å². The SMILES string of the molecule is CC[C@@H](C(=O)Nc1ccc(C(N)=O)cc1Cl)n1cc(OC)c(-c2cc(Cl)ccc2-n2cc(C(F)(F)F)nn2)cc1=O. The highest BCUT2D eigenvalue weighted by Crippen LogP contribution is 2.36. The van der Waals surface area contributed by atoms with Crippen LogP contribution in [0.2, 0.25) is 10.0 Å². The number of halogens is 5. The van der Waals surface area contributed by atoms with E-state index in [0.717, 1.165) is 9.25 Å². The second kappa shape index (κ2) is 11.6. The van der Waals surface area contributed by atoms with E-state index in [0.29, 0.717) is 6.20 Å². The number of primary amides is 1. The van der Waals surface area contributed by atoms with Crippen molar-refractivity contribution in [1.29, 1.82) is 0 Å². The van der Waals surface area contributed by atoms with E-state index in [-0.39, 0.29) is 50.3 Å². The highest BCUT2D eigenvalue weighted by Gasteiger charge is 2.35. The number of pyridine rings is 1. The molecule has 0 aliphatic carbocycles. The van der Waals surface area contributed by atoms with Crippen molar-refractivity contribution in [3.8, 4) is 22.6 Å². The fourth-order valence-electron chi connectivity index (χ4n) is 4.07. The molecule has 3 N–H and O–H groups in total. The van der Waals surface area contributed by atoms with E-state index in [9.17, 15) is 27.6 Å². The molecule has 0 aliphatic heterocycles. The lowest BCUT2D eigenvalue weighted by Gasteiger charge is -2.21. The number of amides is 2. The molecule has 2 aromatic carbocycles. The fourth-order valence-corrected chi connectivity index (χ4v) is 4.47. The van der Waals surface area contributed by atoms with Gasteiger partial charge in [-0.3, -0.25) is 19.0 Å². The zero-order valence-corrected chi connectivity index (χ0v) is 22.9. The molecule has 0 saturated heterocycles. The summed E-state index contributed by atoms with van der Waals surface area (Å²) in [5, 5.41) is 9.71. The van der Waals surface area contributed by atoms with E-state index in [1.807, 2.05) is 0 Å². The quantitative estimate of drug-likeness (QED) is 0.285. The number of benzene rings is 2. The summed E-state index contributed by atoms with van der Waals surface area (Å²) < 4.78 is 47.0. The normalized spacial score (nSPS) is 12.2. The molecule has 0 saturated carbocycles. The molecule has 0 fully saturated rings. The Kier molecular flexibility index (Phi) is 8.40. The summed E-state index contributed by atoms with van der Waals surface area (Å²) in [4.78, 5) is 37.9. The van der Waals surface area contributed by atoms with Gasteiger partial charge in [-0.05, 0) is 42.8 Å². The Bertz CT molecular complexity index is 1700. The van der Waals surface area contributed by atoms with Crippen molar-refractivity contribution < 1.29 is 27.5 Å². The number of rotatable bonds is 8. The van der Waals surface area contributed by atoms with E-state index < -0.39 is 35.3 Å². The minimum atomic E-state index is -4.72. The number of methoxy groups -OCH3 is 1. The number of aromatic nitrogens is 4. The lowest BCUT2D eigenvalue weighted by atomic mass is 10.0. The van der Waals surface area contributed by atoms with Crippen molar-refractivity contribution in [2.75, 3.05) is 12.4 Å². The second-order valence-electron chi connectivity index (χ2n) is 8.68. The second-order valence-corrected chi connectivity index (χ2v) is 9.52. The maximum absolute atomic E-state index is 13.3. The van der Waals surface area contributed by atoms with Gasteiger partial charge in [-0.2, -0.15) is 13.2 Å². The molecule has 4 aromatic rings. The van der Waals surface area contributed by atoms with Crippen LogP contribution in [0.5, 0.6) is 5.75 Å². The van der Waals surface area contributed by atoms with Crippen molar-refractivity contribution in [3.05, 3.63) is 86.5 Å². The Labute approximate surface area is 240 Å². The highest BCUT2D eigenvalue weighted by molar-refractivity contribution is 6.34. The number of nitrogens with two attached hydrogens (primary N) is 1. The van der Waals surface area contributed by atoms with E-state index in [4.69, 9.17) is 33.7 Å². The van der Waals surface area contributed by atoms with Crippen molar-refractivity contribution in [1.82, 2.24) is 19.6 Å². The number of nitrogens with zero attached hydrogens (tertiary/aromatic N) is 4. The zero-order chi connectivity index (χ0) is 30.1. The Hall–Kier alpha value is -4.36. The molecule has 2 heterocycles. The van der Waals surface area contributed by atoms with E-state index >= 15 is 0 Å². The third-order valence-electron chi connectivity index (χ3n) is 6.08. The first kappa shape index (κ1) is 29.6. The van der Waals surface area contributed by atoms with Gasteiger partial charge < -0.3 is 15.8 Å². The summed E-state index contributed by atoms with van der Waals surface area (Å²) in [5.41, 5.74) is 4.35. The molecule has 214 valence electrons.